The van der Waals surface area contributed by atoms with Gasteiger partial charge in [-0.2, -0.15) is 0 Å². The average Bonchev–Trinajstić information content (AvgIpc) is 3.17. The second-order valence-corrected chi connectivity index (χ2v) is 7.56. The van der Waals surface area contributed by atoms with Gasteiger partial charge in [0, 0.05) is 39.1 Å². The summed E-state index contributed by atoms with van der Waals surface area (Å²) in [6, 6.07) is 8.40. The SMILES string of the molecule is CCC1=NOC(CN2CCCN(c3nc4ccccc4s3)CC2)C1. The minimum Gasteiger partial charge on any atom is -0.391 e. The Bertz CT molecular complexity index is 696. The zero-order chi connectivity index (χ0) is 16.4. The van der Waals surface area contributed by atoms with Crippen LogP contribution in [0.3, 0.4) is 0 Å². The highest BCUT2D eigenvalue weighted by atomic mass is 32.1. The Morgan fingerprint density at radius 2 is 2.12 bits per heavy atom. The van der Waals surface area contributed by atoms with Crippen LogP contribution in [0, 0.1) is 0 Å². The molecule has 128 valence electrons. The van der Waals surface area contributed by atoms with E-state index < -0.39 is 0 Å². The van der Waals surface area contributed by atoms with E-state index >= 15 is 0 Å². The van der Waals surface area contributed by atoms with Crippen LogP contribution in [0.5, 0.6) is 0 Å². The molecule has 0 radical (unpaired) electrons. The van der Waals surface area contributed by atoms with Crippen LogP contribution in [-0.2, 0) is 4.84 Å². The Kier molecular flexibility index (Phi) is 4.67. The maximum atomic E-state index is 5.57. The van der Waals surface area contributed by atoms with E-state index in [2.05, 4.69) is 46.1 Å². The van der Waals surface area contributed by atoms with Gasteiger partial charge in [-0.3, -0.25) is 4.90 Å². The van der Waals surface area contributed by atoms with Gasteiger partial charge in [0.05, 0.1) is 15.9 Å². The van der Waals surface area contributed by atoms with Crippen molar-refractivity contribution in [3.8, 4) is 0 Å². The third-order valence-electron chi connectivity index (χ3n) is 4.81. The zero-order valence-corrected chi connectivity index (χ0v) is 15.0. The van der Waals surface area contributed by atoms with Crippen molar-refractivity contribution < 1.29 is 4.84 Å². The van der Waals surface area contributed by atoms with Crippen molar-refractivity contribution in [3.05, 3.63) is 24.3 Å². The first-order chi connectivity index (χ1) is 11.8. The highest BCUT2D eigenvalue weighted by Crippen LogP contribution is 2.29. The molecule has 0 saturated carbocycles. The van der Waals surface area contributed by atoms with Gasteiger partial charge >= 0.3 is 0 Å². The minimum absolute atomic E-state index is 0.244. The number of para-hydroxylation sites is 1. The summed E-state index contributed by atoms with van der Waals surface area (Å²) in [6.45, 7) is 7.44. The highest BCUT2D eigenvalue weighted by Gasteiger charge is 2.24. The highest BCUT2D eigenvalue weighted by molar-refractivity contribution is 7.22. The lowest BCUT2D eigenvalue weighted by atomic mass is 10.1. The number of benzene rings is 1. The standard InChI is InChI=1S/C18H24N4OS/c1-2-14-12-15(23-20-14)13-21-8-5-9-22(11-10-21)18-19-16-6-3-4-7-17(16)24-18/h3-4,6-7,15H,2,5,8-13H2,1H3. The summed E-state index contributed by atoms with van der Waals surface area (Å²) in [4.78, 5) is 15.3. The van der Waals surface area contributed by atoms with Crippen molar-refractivity contribution in [1.29, 1.82) is 0 Å². The summed E-state index contributed by atoms with van der Waals surface area (Å²) in [6.07, 6.45) is 3.41. The van der Waals surface area contributed by atoms with E-state index in [0.717, 1.165) is 56.2 Å². The normalized spacial score (nSPS) is 22.5. The molecule has 1 saturated heterocycles. The molecule has 3 heterocycles. The van der Waals surface area contributed by atoms with E-state index in [-0.39, 0.29) is 6.10 Å². The van der Waals surface area contributed by atoms with Gasteiger partial charge < -0.3 is 9.74 Å². The van der Waals surface area contributed by atoms with Gasteiger partial charge in [0.15, 0.2) is 5.13 Å². The summed E-state index contributed by atoms with van der Waals surface area (Å²) in [7, 11) is 0. The van der Waals surface area contributed by atoms with E-state index in [1.54, 1.807) is 11.3 Å². The second kappa shape index (κ2) is 7.07. The molecule has 0 amide bonds. The molecule has 2 aliphatic rings. The lowest BCUT2D eigenvalue weighted by Gasteiger charge is -2.23. The molecule has 1 unspecified atom stereocenters. The third kappa shape index (κ3) is 3.39. The molecule has 0 aliphatic carbocycles. The molecular weight excluding hydrogens is 320 g/mol. The van der Waals surface area contributed by atoms with Gasteiger partial charge in [0.1, 0.15) is 6.10 Å². The first-order valence-corrected chi connectivity index (χ1v) is 9.68. The Hall–Kier alpha value is -1.66. The van der Waals surface area contributed by atoms with Crippen LogP contribution in [0.2, 0.25) is 0 Å². The average molecular weight is 344 g/mol. The van der Waals surface area contributed by atoms with Crippen LogP contribution < -0.4 is 4.90 Å². The molecule has 1 fully saturated rings. The van der Waals surface area contributed by atoms with Crippen LogP contribution in [0.1, 0.15) is 26.2 Å². The predicted octanol–water partition coefficient (Wildman–Crippen LogP) is 3.36. The Labute approximate surface area is 146 Å². The molecule has 2 aliphatic heterocycles. The summed E-state index contributed by atoms with van der Waals surface area (Å²) in [5.41, 5.74) is 2.31. The molecule has 24 heavy (non-hydrogen) atoms. The molecule has 2 aromatic rings. The number of aromatic nitrogens is 1. The number of thiazole rings is 1. The number of oxime groups is 1. The van der Waals surface area contributed by atoms with Crippen LogP contribution in [0.4, 0.5) is 5.13 Å². The number of hydrogen-bond donors (Lipinski definition) is 0. The van der Waals surface area contributed by atoms with Gasteiger partial charge in [0.2, 0.25) is 0 Å². The molecular formula is C18H24N4OS. The number of nitrogens with zero attached hydrogens (tertiary/aromatic N) is 4. The first-order valence-electron chi connectivity index (χ1n) is 8.86. The monoisotopic (exact) mass is 344 g/mol. The molecule has 4 rings (SSSR count). The summed E-state index contributed by atoms with van der Waals surface area (Å²) in [5, 5.41) is 5.34. The van der Waals surface area contributed by atoms with Crippen LogP contribution in [0.15, 0.2) is 29.4 Å². The lowest BCUT2D eigenvalue weighted by molar-refractivity contribution is 0.0544. The van der Waals surface area contributed by atoms with E-state index in [4.69, 9.17) is 9.82 Å². The number of rotatable bonds is 4. The van der Waals surface area contributed by atoms with Gasteiger partial charge in [-0.1, -0.05) is 35.5 Å². The molecule has 0 spiro atoms. The fourth-order valence-electron chi connectivity index (χ4n) is 3.42. The van der Waals surface area contributed by atoms with Crippen molar-refractivity contribution in [2.45, 2.75) is 32.3 Å². The van der Waals surface area contributed by atoms with Gasteiger partial charge in [-0.15, -0.1) is 0 Å². The molecule has 1 aromatic heterocycles. The fourth-order valence-corrected chi connectivity index (χ4v) is 4.44. The molecule has 1 aromatic carbocycles. The van der Waals surface area contributed by atoms with Crippen LogP contribution in [-0.4, -0.2) is 54.4 Å². The van der Waals surface area contributed by atoms with Crippen LogP contribution >= 0.6 is 11.3 Å². The van der Waals surface area contributed by atoms with Crippen molar-refractivity contribution in [2.24, 2.45) is 5.16 Å². The number of fused-ring (bicyclic) bond motifs is 1. The Morgan fingerprint density at radius 3 is 2.96 bits per heavy atom. The second-order valence-electron chi connectivity index (χ2n) is 6.55. The fraction of sp³-hybridized carbons (Fsp3) is 0.556. The number of hydrogen-bond acceptors (Lipinski definition) is 6. The number of anilines is 1. The van der Waals surface area contributed by atoms with Gasteiger partial charge in [-0.05, 0) is 25.0 Å². The molecule has 6 heteroatoms. The summed E-state index contributed by atoms with van der Waals surface area (Å²) in [5.74, 6) is 0. The van der Waals surface area contributed by atoms with E-state index in [1.165, 1.54) is 16.8 Å². The van der Waals surface area contributed by atoms with Crippen LogP contribution in [0.25, 0.3) is 10.2 Å². The van der Waals surface area contributed by atoms with Crippen molar-refractivity contribution in [1.82, 2.24) is 9.88 Å². The maximum absolute atomic E-state index is 5.57. The van der Waals surface area contributed by atoms with E-state index in [0.29, 0.717) is 0 Å². The molecule has 1 atom stereocenters. The first kappa shape index (κ1) is 15.8. The lowest BCUT2D eigenvalue weighted by Crippen LogP contribution is -2.36. The smallest absolute Gasteiger partial charge is 0.186 e. The summed E-state index contributed by atoms with van der Waals surface area (Å²) >= 11 is 1.80. The van der Waals surface area contributed by atoms with E-state index in [9.17, 15) is 0 Å². The van der Waals surface area contributed by atoms with Gasteiger partial charge in [0.25, 0.3) is 0 Å². The van der Waals surface area contributed by atoms with Gasteiger partial charge in [-0.25, -0.2) is 4.98 Å². The Morgan fingerprint density at radius 1 is 1.21 bits per heavy atom. The van der Waals surface area contributed by atoms with Crippen molar-refractivity contribution in [3.63, 3.8) is 0 Å². The molecule has 5 nitrogen and oxygen atoms in total. The maximum Gasteiger partial charge on any atom is 0.186 e. The minimum atomic E-state index is 0.244. The zero-order valence-electron chi connectivity index (χ0n) is 14.1. The van der Waals surface area contributed by atoms with Crippen molar-refractivity contribution in [2.75, 3.05) is 37.6 Å². The predicted molar refractivity (Wildman–Crippen MR) is 100 cm³/mol. The molecule has 0 N–H and O–H groups in total. The third-order valence-corrected chi connectivity index (χ3v) is 5.90. The van der Waals surface area contributed by atoms with E-state index in [1.807, 2.05) is 0 Å². The Balaban J connectivity index is 1.36. The quantitative estimate of drug-likeness (QED) is 0.853. The largest absolute Gasteiger partial charge is 0.391 e. The molecule has 0 bridgehead atoms. The summed E-state index contributed by atoms with van der Waals surface area (Å²) < 4.78 is 1.28. The van der Waals surface area contributed by atoms with Crippen molar-refractivity contribution >= 4 is 32.4 Å². The topological polar surface area (TPSA) is 41.0 Å².